The monoisotopic (exact) mass is 424 g/mol. The van der Waals surface area contributed by atoms with Crippen molar-refractivity contribution in [1.29, 1.82) is 5.26 Å². The number of alkyl halides is 6. The molecule has 7 nitrogen and oxygen atoms in total. The Labute approximate surface area is 155 Å². The molecule has 0 radical (unpaired) electrons. The lowest BCUT2D eigenvalue weighted by molar-refractivity contribution is -0.167. The molecule has 0 unspecified atom stereocenters. The van der Waals surface area contributed by atoms with Gasteiger partial charge < -0.3 is 5.32 Å². The lowest BCUT2D eigenvalue weighted by Crippen LogP contribution is -2.35. The van der Waals surface area contributed by atoms with Crippen LogP contribution in [0.2, 0.25) is 0 Å². The molecule has 0 aliphatic rings. The van der Waals surface area contributed by atoms with Crippen molar-refractivity contribution in [3.05, 3.63) is 50.0 Å². The number of rotatable bonds is 2. The van der Waals surface area contributed by atoms with Crippen molar-refractivity contribution in [2.24, 2.45) is 7.05 Å². The molecular formula is C15H7F7N4O3. The highest BCUT2D eigenvalue weighted by atomic mass is 19.4. The number of H-pyrrole nitrogens is 1. The van der Waals surface area contributed by atoms with Crippen LogP contribution in [-0.4, -0.2) is 21.6 Å². The number of hydrogen-bond acceptors (Lipinski definition) is 4. The maximum Gasteiger partial charge on any atom is 0.471 e. The van der Waals surface area contributed by atoms with E-state index in [4.69, 9.17) is 5.26 Å². The smallest absolute Gasteiger partial charge is 0.317 e. The second-order valence-electron chi connectivity index (χ2n) is 5.48. The van der Waals surface area contributed by atoms with E-state index in [0.717, 1.165) is 0 Å². The number of hydrogen-bond donors (Lipinski definition) is 2. The number of halogens is 7. The largest absolute Gasteiger partial charge is 0.471 e. The zero-order valence-electron chi connectivity index (χ0n) is 13.9. The molecule has 1 amide bonds. The molecule has 0 atom stereocenters. The SMILES string of the molecule is Cn1c(C(F)(F)F)c(-c2cc(NC(=O)C(F)(F)F)c(C#N)cc2F)c(=O)[nH]c1=O. The molecule has 2 aromatic rings. The summed E-state index contributed by atoms with van der Waals surface area (Å²) in [6.07, 6.45) is -10.8. The quantitative estimate of drug-likeness (QED) is 0.722. The van der Waals surface area contributed by atoms with Gasteiger partial charge in [0.05, 0.1) is 16.8 Å². The summed E-state index contributed by atoms with van der Waals surface area (Å²) in [6.45, 7) is 0. The average Bonchev–Trinajstić information content (AvgIpc) is 2.57. The number of aromatic nitrogens is 2. The number of nitrogens with zero attached hydrogens (tertiary/aromatic N) is 2. The number of nitriles is 1. The maximum absolute atomic E-state index is 14.4. The Balaban J connectivity index is 2.88. The molecule has 1 aromatic heterocycles. The van der Waals surface area contributed by atoms with Crippen LogP contribution >= 0.6 is 0 Å². The molecule has 0 bridgehead atoms. The minimum atomic E-state index is -5.42. The normalized spacial score (nSPS) is 11.8. The fourth-order valence-electron chi connectivity index (χ4n) is 2.36. The van der Waals surface area contributed by atoms with E-state index in [0.29, 0.717) is 7.05 Å². The van der Waals surface area contributed by atoms with E-state index in [1.807, 2.05) is 0 Å². The molecule has 2 rings (SSSR count). The van der Waals surface area contributed by atoms with Crippen molar-refractivity contribution < 1.29 is 35.5 Å². The van der Waals surface area contributed by atoms with Crippen molar-refractivity contribution >= 4 is 11.6 Å². The van der Waals surface area contributed by atoms with Gasteiger partial charge in [0.15, 0.2) is 0 Å². The summed E-state index contributed by atoms with van der Waals surface area (Å²) in [5.41, 5.74) is -9.51. The standard InChI is InChI=1S/C15H7F7N4O3/c1-26-10(14(17,18)19)9(11(27)25-13(26)29)6-3-8(5(4-23)2-7(6)16)24-12(28)15(20,21)22/h2-3H,1H3,(H,24,28)(H,25,27,29). The van der Waals surface area contributed by atoms with Gasteiger partial charge in [0.2, 0.25) is 0 Å². The average molecular weight is 424 g/mol. The molecule has 29 heavy (non-hydrogen) atoms. The summed E-state index contributed by atoms with van der Waals surface area (Å²) in [7, 11) is 0.624. The molecule has 0 aliphatic heterocycles. The van der Waals surface area contributed by atoms with E-state index in [-0.39, 0.29) is 16.7 Å². The van der Waals surface area contributed by atoms with Crippen LogP contribution in [0.5, 0.6) is 0 Å². The zero-order chi connectivity index (χ0) is 22.3. The van der Waals surface area contributed by atoms with Gasteiger partial charge in [-0.15, -0.1) is 0 Å². The van der Waals surface area contributed by atoms with Crippen molar-refractivity contribution in [2.45, 2.75) is 12.4 Å². The molecular weight excluding hydrogens is 417 g/mol. The van der Waals surface area contributed by atoms with Crippen LogP contribution in [0, 0.1) is 17.1 Å². The van der Waals surface area contributed by atoms with Gasteiger partial charge in [-0.25, -0.2) is 9.18 Å². The van der Waals surface area contributed by atoms with Crippen LogP contribution in [0.15, 0.2) is 21.7 Å². The topological polar surface area (TPSA) is 108 Å². The first-order valence-corrected chi connectivity index (χ1v) is 7.21. The number of benzene rings is 1. The van der Waals surface area contributed by atoms with Crippen LogP contribution in [0.25, 0.3) is 11.1 Å². The lowest BCUT2D eigenvalue weighted by atomic mass is 10.0. The number of anilines is 1. The third kappa shape index (κ3) is 4.13. The summed E-state index contributed by atoms with van der Waals surface area (Å²) in [5.74, 6) is -4.17. The van der Waals surface area contributed by atoms with Gasteiger partial charge >= 0.3 is 23.9 Å². The Bertz CT molecular complexity index is 1150. The maximum atomic E-state index is 14.4. The third-order valence-corrected chi connectivity index (χ3v) is 3.60. The van der Waals surface area contributed by atoms with E-state index in [9.17, 15) is 45.1 Å². The van der Waals surface area contributed by atoms with Gasteiger partial charge in [0, 0.05) is 12.6 Å². The van der Waals surface area contributed by atoms with Crippen LogP contribution in [-0.2, 0) is 18.0 Å². The van der Waals surface area contributed by atoms with E-state index < -0.39 is 63.4 Å². The number of nitrogens with one attached hydrogen (secondary N) is 2. The van der Waals surface area contributed by atoms with E-state index in [2.05, 4.69) is 0 Å². The molecule has 0 aliphatic carbocycles. The second-order valence-corrected chi connectivity index (χ2v) is 5.48. The van der Waals surface area contributed by atoms with Crippen LogP contribution in [0.4, 0.5) is 36.4 Å². The molecule has 0 saturated heterocycles. The van der Waals surface area contributed by atoms with Gasteiger partial charge in [-0.05, 0) is 12.1 Å². The molecule has 154 valence electrons. The van der Waals surface area contributed by atoms with Gasteiger partial charge in [-0.2, -0.15) is 31.6 Å². The first-order chi connectivity index (χ1) is 13.2. The second kappa shape index (κ2) is 7.08. The third-order valence-electron chi connectivity index (χ3n) is 3.60. The van der Waals surface area contributed by atoms with Crippen molar-refractivity contribution in [3.63, 3.8) is 0 Å². The summed E-state index contributed by atoms with van der Waals surface area (Å²) in [5, 5.41) is 10.1. The Morgan fingerprint density at radius 2 is 1.76 bits per heavy atom. The van der Waals surface area contributed by atoms with Gasteiger partial charge in [-0.3, -0.25) is 19.1 Å². The van der Waals surface area contributed by atoms with Crippen molar-refractivity contribution in [3.8, 4) is 17.2 Å². The summed E-state index contributed by atoms with van der Waals surface area (Å²) in [4.78, 5) is 36.1. The fourth-order valence-corrected chi connectivity index (χ4v) is 2.36. The fraction of sp³-hybridized carbons (Fsp3) is 0.200. The molecule has 14 heteroatoms. The molecule has 0 spiro atoms. The van der Waals surface area contributed by atoms with E-state index in [1.54, 1.807) is 0 Å². The number of carbonyl (C=O) groups is 1. The molecule has 1 aromatic carbocycles. The number of amides is 1. The minimum absolute atomic E-state index is 0.0393. The van der Waals surface area contributed by atoms with Crippen molar-refractivity contribution in [1.82, 2.24) is 9.55 Å². The number of aromatic amines is 1. The van der Waals surface area contributed by atoms with Crippen LogP contribution in [0.1, 0.15) is 11.3 Å². The highest BCUT2D eigenvalue weighted by Gasteiger charge is 2.41. The first-order valence-electron chi connectivity index (χ1n) is 7.21. The molecule has 1 heterocycles. The Kier molecular flexibility index (Phi) is 5.29. The van der Waals surface area contributed by atoms with E-state index >= 15 is 0 Å². The van der Waals surface area contributed by atoms with Gasteiger partial charge in [0.25, 0.3) is 5.56 Å². The molecule has 0 saturated carbocycles. The predicted octanol–water partition coefficient (Wildman–Crippen LogP) is 2.27. The van der Waals surface area contributed by atoms with Gasteiger partial charge in [0.1, 0.15) is 17.6 Å². The highest BCUT2D eigenvalue weighted by molar-refractivity contribution is 5.96. The van der Waals surface area contributed by atoms with E-state index in [1.165, 1.54) is 16.4 Å². The van der Waals surface area contributed by atoms with Crippen molar-refractivity contribution in [2.75, 3.05) is 5.32 Å². The Morgan fingerprint density at radius 1 is 1.17 bits per heavy atom. The summed E-state index contributed by atoms with van der Waals surface area (Å²) in [6, 6.07) is 1.77. The van der Waals surface area contributed by atoms with Gasteiger partial charge in [-0.1, -0.05) is 0 Å². The number of carbonyl (C=O) groups excluding carboxylic acids is 1. The van der Waals surface area contributed by atoms with Crippen LogP contribution < -0.4 is 16.6 Å². The highest BCUT2D eigenvalue weighted by Crippen LogP contribution is 2.36. The zero-order valence-corrected chi connectivity index (χ0v) is 13.9. The lowest BCUT2D eigenvalue weighted by Gasteiger charge is -2.17. The summed E-state index contributed by atoms with van der Waals surface area (Å²) >= 11 is 0. The first kappa shape index (κ1) is 21.7. The minimum Gasteiger partial charge on any atom is -0.317 e. The molecule has 2 N–H and O–H groups in total. The Hall–Kier alpha value is -3.63. The predicted molar refractivity (Wildman–Crippen MR) is 82.1 cm³/mol. The Morgan fingerprint density at radius 3 is 2.24 bits per heavy atom. The van der Waals surface area contributed by atoms with Crippen LogP contribution in [0.3, 0.4) is 0 Å². The molecule has 0 fully saturated rings. The summed E-state index contributed by atoms with van der Waals surface area (Å²) < 4.78 is 91.8.